The molecule has 1 aliphatic rings. The first kappa shape index (κ1) is 22.4. The molecule has 0 N–H and O–H groups in total. The molecule has 4 rings (SSSR count). The van der Waals surface area contributed by atoms with Gasteiger partial charge < -0.3 is 4.90 Å². The monoisotopic (exact) mass is 441 g/mol. The molecule has 1 aliphatic heterocycles. The van der Waals surface area contributed by atoms with E-state index in [1.165, 1.54) is 6.07 Å². The Labute approximate surface area is 186 Å². The van der Waals surface area contributed by atoms with Gasteiger partial charge in [-0.25, -0.2) is 14.6 Å². The number of nitro benzene ring substituents is 1. The summed E-state index contributed by atoms with van der Waals surface area (Å²) < 4.78 is 1.73. The molecule has 0 unspecified atom stereocenters. The molecule has 0 radical (unpaired) electrons. The Balaban J connectivity index is 0.00000272. The molecular formula is C21H24ClN7O2. The fourth-order valence-corrected chi connectivity index (χ4v) is 3.51. The van der Waals surface area contributed by atoms with Crippen LogP contribution in [0.2, 0.25) is 0 Å². The van der Waals surface area contributed by atoms with Crippen LogP contribution >= 0.6 is 12.4 Å². The number of aromatic nitrogens is 4. The van der Waals surface area contributed by atoms with E-state index in [-0.39, 0.29) is 23.0 Å². The average Bonchev–Trinajstić information content (AvgIpc) is 3.15. The molecule has 162 valence electrons. The third-order valence-corrected chi connectivity index (χ3v) is 5.23. The third kappa shape index (κ3) is 5.25. The predicted molar refractivity (Wildman–Crippen MR) is 122 cm³/mol. The molecule has 0 bridgehead atoms. The second-order valence-corrected chi connectivity index (χ2v) is 7.11. The fourth-order valence-electron chi connectivity index (χ4n) is 3.51. The lowest BCUT2D eigenvalue weighted by atomic mass is 10.2. The molecule has 1 saturated heterocycles. The first-order valence-corrected chi connectivity index (χ1v) is 9.82. The highest BCUT2D eigenvalue weighted by molar-refractivity contribution is 5.85. The number of nitro groups is 1. The second-order valence-electron chi connectivity index (χ2n) is 7.11. The molecule has 9 nitrogen and oxygen atoms in total. The van der Waals surface area contributed by atoms with Crippen LogP contribution in [-0.4, -0.2) is 62.3 Å². The molecule has 10 heteroatoms. The molecule has 0 saturated carbocycles. The number of halogens is 1. The van der Waals surface area contributed by atoms with Crippen LogP contribution < -0.4 is 4.90 Å². The Morgan fingerprint density at radius 3 is 2.58 bits per heavy atom. The summed E-state index contributed by atoms with van der Waals surface area (Å²) in [6, 6.07) is 8.62. The Morgan fingerprint density at radius 1 is 1.13 bits per heavy atom. The topological polar surface area (TPSA) is 93.2 Å². The van der Waals surface area contributed by atoms with Crippen LogP contribution in [-0.2, 0) is 0 Å². The number of non-ortho nitro benzene ring substituents is 1. The van der Waals surface area contributed by atoms with Crippen LogP contribution in [0.4, 0.5) is 11.4 Å². The van der Waals surface area contributed by atoms with E-state index in [0.29, 0.717) is 5.95 Å². The lowest BCUT2D eigenvalue weighted by molar-refractivity contribution is -0.384. The number of hydrogen-bond acceptors (Lipinski definition) is 7. The van der Waals surface area contributed by atoms with Crippen molar-refractivity contribution in [1.82, 2.24) is 24.6 Å². The summed E-state index contributed by atoms with van der Waals surface area (Å²) in [5.74, 6) is 0.562. The standard InChI is InChI=1S/C21H23N7O2.ClH/c1-17-18(16-24-27(17)21-22-8-4-9-23-21)5-3-10-25-11-13-26(14-12-25)19-6-2-7-20(15-19)28(29)30;/h2-9,15-16H,10-14H2,1H3;1H/b5-3+;. The van der Waals surface area contributed by atoms with Gasteiger partial charge in [-0.3, -0.25) is 15.0 Å². The zero-order valence-corrected chi connectivity index (χ0v) is 18.0. The fraction of sp³-hybridized carbons (Fsp3) is 0.286. The summed E-state index contributed by atoms with van der Waals surface area (Å²) in [6.45, 7) is 6.34. The largest absolute Gasteiger partial charge is 0.369 e. The van der Waals surface area contributed by atoms with Gasteiger partial charge in [0.1, 0.15) is 0 Å². The highest BCUT2D eigenvalue weighted by Crippen LogP contribution is 2.22. The molecule has 2 aromatic heterocycles. The Morgan fingerprint density at radius 2 is 1.87 bits per heavy atom. The number of hydrogen-bond donors (Lipinski definition) is 0. The van der Waals surface area contributed by atoms with Crippen LogP contribution in [0.5, 0.6) is 0 Å². The van der Waals surface area contributed by atoms with Gasteiger partial charge in [-0.05, 0) is 19.1 Å². The first-order valence-electron chi connectivity index (χ1n) is 9.82. The lowest BCUT2D eigenvalue weighted by Gasteiger charge is -2.35. The van der Waals surface area contributed by atoms with Crippen LogP contribution in [0.1, 0.15) is 11.3 Å². The van der Waals surface area contributed by atoms with Crippen molar-refractivity contribution in [1.29, 1.82) is 0 Å². The van der Waals surface area contributed by atoms with Crippen molar-refractivity contribution >= 4 is 29.9 Å². The lowest BCUT2D eigenvalue weighted by Crippen LogP contribution is -2.46. The van der Waals surface area contributed by atoms with Gasteiger partial charge in [-0.15, -0.1) is 12.4 Å². The Hall–Kier alpha value is -3.30. The van der Waals surface area contributed by atoms with Gasteiger partial charge in [-0.2, -0.15) is 5.10 Å². The van der Waals surface area contributed by atoms with E-state index in [0.717, 1.165) is 49.7 Å². The molecule has 3 aromatic rings. The van der Waals surface area contributed by atoms with E-state index in [2.05, 4.69) is 37.0 Å². The van der Waals surface area contributed by atoms with E-state index < -0.39 is 0 Å². The molecule has 0 atom stereocenters. The predicted octanol–water partition coefficient (Wildman–Crippen LogP) is 3.14. The summed E-state index contributed by atoms with van der Waals surface area (Å²) in [4.78, 5) is 23.7. The van der Waals surface area contributed by atoms with Crippen LogP contribution in [0.15, 0.2) is 55.0 Å². The maximum absolute atomic E-state index is 11.0. The minimum atomic E-state index is -0.349. The van der Waals surface area contributed by atoms with Crippen molar-refractivity contribution < 1.29 is 4.92 Å². The van der Waals surface area contributed by atoms with Gasteiger partial charge >= 0.3 is 0 Å². The van der Waals surface area contributed by atoms with Crippen molar-refractivity contribution in [3.8, 4) is 5.95 Å². The average molecular weight is 442 g/mol. The quantitative estimate of drug-likeness (QED) is 0.428. The molecule has 0 amide bonds. The number of benzene rings is 1. The van der Waals surface area contributed by atoms with Gasteiger partial charge in [0.15, 0.2) is 0 Å². The molecule has 3 heterocycles. The molecule has 31 heavy (non-hydrogen) atoms. The zero-order valence-electron chi connectivity index (χ0n) is 17.2. The minimum Gasteiger partial charge on any atom is -0.369 e. The van der Waals surface area contributed by atoms with Gasteiger partial charge in [0.2, 0.25) is 0 Å². The van der Waals surface area contributed by atoms with Crippen LogP contribution in [0.3, 0.4) is 0 Å². The summed E-state index contributed by atoms with van der Waals surface area (Å²) in [6.07, 6.45) is 9.44. The highest BCUT2D eigenvalue weighted by Gasteiger charge is 2.18. The van der Waals surface area contributed by atoms with E-state index in [4.69, 9.17) is 0 Å². The third-order valence-electron chi connectivity index (χ3n) is 5.23. The zero-order chi connectivity index (χ0) is 20.9. The van der Waals surface area contributed by atoms with Gasteiger partial charge in [0, 0.05) is 68.5 Å². The van der Waals surface area contributed by atoms with Crippen molar-refractivity contribution in [3.05, 3.63) is 76.4 Å². The molecule has 1 aromatic carbocycles. The number of rotatable bonds is 6. The number of piperazine rings is 1. The summed E-state index contributed by atoms with van der Waals surface area (Å²) >= 11 is 0. The minimum absolute atomic E-state index is 0. The second kappa shape index (κ2) is 10.1. The molecular weight excluding hydrogens is 418 g/mol. The van der Waals surface area contributed by atoms with E-state index in [9.17, 15) is 10.1 Å². The van der Waals surface area contributed by atoms with E-state index in [1.807, 2.05) is 19.2 Å². The summed E-state index contributed by atoms with van der Waals surface area (Å²) in [5.41, 5.74) is 3.07. The maximum atomic E-state index is 11.0. The van der Waals surface area contributed by atoms with E-state index >= 15 is 0 Å². The molecule has 0 aliphatic carbocycles. The first-order chi connectivity index (χ1) is 14.6. The maximum Gasteiger partial charge on any atom is 0.271 e. The summed E-state index contributed by atoms with van der Waals surface area (Å²) in [5, 5.41) is 15.4. The number of nitrogens with zero attached hydrogens (tertiary/aromatic N) is 7. The molecule has 1 fully saturated rings. The van der Waals surface area contributed by atoms with Crippen LogP contribution in [0.25, 0.3) is 12.0 Å². The van der Waals surface area contributed by atoms with Crippen molar-refractivity contribution in [2.24, 2.45) is 0 Å². The summed E-state index contributed by atoms with van der Waals surface area (Å²) in [7, 11) is 0. The van der Waals surface area contributed by atoms with Crippen molar-refractivity contribution in [2.75, 3.05) is 37.6 Å². The highest BCUT2D eigenvalue weighted by atomic mass is 35.5. The van der Waals surface area contributed by atoms with Crippen molar-refractivity contribution in [3.63, 3.8) is 0 Å². The Kier molecular flexibility index (Phi) is 7.32. The van der Waals surface area contributed by atoms with Gasteiger partial charge in [-0.1, -0.05) is 18.2 Å². The van der Waals surface area contributed by atoms with E-state index in [1.54, 1.807) is 35.3 Å². The SMILES string of the molecule is Cc1c(/C=C/CN2CCN(c3cccc([N+](=O)[O-])c3)CC2)cnn1-c1ncccn1.Cl. The smallest absolute Gasteiger partial charge is 0.271 e. The van der Waals surface area contributed by atoms with Crippen molar-refractivity contribution in [2.45, 2.75) is 6.92 Å². The van der Waals surface area contributed by atoms with Gasteiger partial charge in [0.25, 0.3) is 11.6 Å². The molecule has 0 spiro atoms. The Bertz CT molecular complexity index is 1050. The van der Waals surface area contributed by atoms with Gasteiger partial charge in [0.05, 0.1) is 16.8 Å². The number of anilines is 1. The normalized spacial score (nSPS) is 14.5. The van der Waals surface area contributed by atoms with Crippen LogP contribution in [0, 0.1) is 17.0 Å².